The highest BCUT2D eigenvalue weighted by atomic mass is 16.5. The minimum absolute atomic E-state index is 0.281. The van der Waals surface area contributed by atoms with E-state index in [0.29, 0.717) is 17.1 Å². The first kappa shape index (κ1) is 19.2. The molecule has 1 fully saturated rings. The Morgan fingerprint density at radius 2 is 1.93 bits per heavy atom. The predicted molar refractivity (Wildman–Crippen MR) is 105 cm³/mol. The Balaban J connectivity index is 1.32. The van der Waals surface area contributed by atoms with Gasteiger partial charge in [-0.2, -0.15) is 4.98 Å². The van der Waals surface area contributed by atoms with Gasteiger partial charge < -0.3 is 9.26 Å². The Hall–Kier alpha value is -3.13. The third-order valence-electron chi connectivity index (χ3n) is 5.18. The van der Waals surface area contributed by atoms with Gasteiger partial charge in [0, 0.05) is 18.7 Å². The maximum atomic E-state index is 11.5. The summed E-state index contributed by atoms with van der Waals surface area (Å²) in [4.78, 5) is 27.0. The largest absolute Gasteiger partial charge is 0.465 e. The van der Waals surface area contributed by atoms with Crippen molar-refractivity contribution in [3.63, 3.8) is 0 Å². The molecule has 0 unspecified atom stereocenters. The molecule has 0 bridgehead atoms. The van der Waals surface area contributed by atoms with Gasteiger partial charge in [-0.3, -0.25) is 9.88 Å². The zero-order valence-electron chi connectivity index (χ0n) is 16.5. The smallest absolute Gasteiger partial charge is 0.337 e. The quantitative estimate of drug-likeness (QED) is 0.611. The lowest BCUT2D eigenvalue weighted by atomic mass is 9.96. The first-order chi connectivity index (χ1) is 14.1. The third kappa shape index (κ3) is 4.48. The van der Waals surface area contributed by atoms with E-state index >= 15 is 0 Å². The van der Waals surface area contributed by atoms with E-state index in [4.69, 9.17) is 9.26 Å². The lowest BCUT2D eigenvalue weighted by Crippen LogP contribution is -2.32. The minimum Gasteiger partial charge on any atom is -0.465 e. The topological polar surface area (TPSA) is 94.2 Å². The van der Waals surface area contributed by atoms with E-state index in [0.717, 1.165) is 44.0 Å². The fraction of sp³-hybridized carbons (Fsp3) is 0.381. The van der Waals surface area contributed by atoms with E-state index in [1.807, 2.05) is 31.2 Å². The summed E-state index contributed by atoms with van der Waals surface area (Å²) in [5.74, 6) is 1.13. The molecule has 0 spiro atoms. The van der Waals surface area contributed by atoms with Crippen molar-refractivity contribution >= 4 is 5.97 Å². The molecule has 1 aliphatic heterocycles. The van der Waals surface area contributed by atoms with Crippen LogP contribution in [0.1, 0.15) is 46.2 Å². The van der Waals surface area contributed by atoms with Gasteiger partial charge in [-0.15, -0.1) is 0 Å². The molecule has 0 saturated carbocycles. The fourth-order valence-corrected chi connectivity index (χ4v) is 3.48. The van der Waals surface area contributed by atoms with Crippen LogP contribution in [0, 0.1) is 6.92 Å². The van der Waals surface area contributed by atoms with Gasteiger partial charge in [0.15, 0.2) is 5.82 Å². The molecule has 4 rings (SSSR count). The van der Waals surface area contributed by atoms with E-state index in [1.54, 1.807) is 12.4 Å². The van der Waals surface area contributed by atoms with Crippen LogP contribution in [0.2, 0.25) is 0 Å². The van der Waals surface area contributed by atoms with E-state index in [-0.39, 0.29) is 11.9 Å². The van der Waals surface area contributed by atoms with Crippen LogP contribution in [0.15, 0.2) is 41.2 Å². The van der Waals surface area contributed by atoms with Crippen molar-refractivity contribution in [2.45, 2.75) is 32.2 Å². The molecular weight excluding hydrogens is 370 g/mol. The number of ether oxygens (including phenoxy) is 1. The monoisotopic (exact) mass is 393 g/mol. The average molecular weight is 393 g/mol. The highest BCUT2D eigenvalue weighted by molar-refractivity contribution is 5.89. The van der Waals surface area contributed by atoms with Gasteiger partial charge in [-0.25, -0.2) is 9.78 Å². The molecule has 150 valence electrons. The number of methoxy groups -OCH3 is 1. The zero-order chi connectivity index (χ0) is 20.2. The Labute approximate surface area is 168 Å². The maximum Gasteiger partial charge on any atom is 0.337 e. The van der Waals surface area contributed by atoms with Gasteiger partial charge in [-0.05, 0) is 50.6 Å². The normalized spacial score (nSPS) is 15.4. The Morgan fingerprint density at radius 1 is 1.17 bits per heavy atom. The summed E-state index contributed by atoms with van der Waals surface area (Å²) in [6, 6.07) is 7.57. The molecule has 1 aliphatic rings. The molecule has 0 radical (unpaired) electrons. The van der Waals surface area contributed by atoms with Crippen LogP contribution in [0.4, 0.5) is 0 Å². The number of hydrogen-bond donors (Lipinski definition) is 0. The zero-order valence-corrected chi connectivity index (χ0v) is 16.5. The number of piperidine rings is 1. The lowest BCUT2D eigenvalue weighted by Gasteiger charge is -2.30. The SMILES string of the molecule is COC(=O)c1ccc(CN2CCC(c3noc(-c4cnc(C)cn4)n3)CC2)cc1. The molecule has 3 aromatic rings. The Kier molecular flexibility index (Phi) is 5.62. The van der Waals surface area contributed by atoms with Crippen LogP contribution in [0.25, 0.3) is 11.6 Å². The molecule has 1 aromatic carbocycles. The first-order valence-corrected chi connectivity index (χ1v) is 9.64. The molecule has 29 heavy (non-hydrogen) atoms. The van der Waals surface area contributed by atoms with E-state index in [1.165, 1.54) is 12.7 Å². The molecule has 2 aromatic heterocycles. The summed E-state index contributed by atoms with van der Waals surface area (Å²) in [5.41, 5.74) is 3.19. The van der Waals surface area contributed by atoms with Crippen LogP contribution in [0.3, 0.4) is 0 Å². The summed E-state index contributed by atoms with van der Waals surface area (Å²) in [6.45, 7) is 4.65. The summed E-state index contributed by atoms with van der Waals surface area (Å²) >= 11 is 0. The second-order valence-corrected chi connectivity index (χ2v) is 7.24. The number of rotatable bonds is 5. The first-order valence-electron chi connectivity index (χ1n) is 9.64. The fourth-order valence-electron chi connectivity index (χ4n) is 3.48. The molecular formula is C21H23N5O3. The van der Waals surface area contributed by atoms with Crippen molar-refractivity contribution < 1.29 is 14.1 Å². The van der Waals surface area contributed by atoms with Crippen LogP contribution < -0.4 is 0 Å². The van der Waals surface area contributed by atoms with Crippen molar-refractivity contribution in [2.24, 2.45) is 0 Å². The van der Waals surface area contributed by atoms with Crippen LogP contribution in [-0.4, -0.2) is 51.2 Å². The maximum absolute atomic E-state index is 11.5. The van der Waals surface area contributed by atoms with E-state index < -0.39 is 0 Å². The van der Waals surface area contributed by atoms with Gasteiger partial charge >= 0.3 is 5.97 Å². The predicted octanol–water partition coefficient (Wildman–Crippen LogP) is 3.00. The van der Waals surface area contributed by atoms with Crippen LogP contribution >= 0.6 is 0 Å². The highest BCUT2D eigenvalue weighted by Crippen LogP contribution is 2.28. The molecule has 0 amide bonds. The second kappa shape index (κ2) is 8.48. The van der Waals surface area contributed by atoms with Gasteiger partial charge in [0.25, 0.3) is 5.89 Å². The summed E-state index contributed by atoms with van der Waals surface area (Å²) < 4.78 is 10.1. The molecule has 1 saturated heterocycles. The molecule has 8 heteroatoms. The minimum atomic E-state index is -0.312. The van der Waals surface area contributed by atoms with Crippen molar-refractivity contribution in [1.82, 2.24) is 25.0 Å². The molecule has 8 nitrogen and oxygen atoms in total. The lowest BCUT2D eigenvalue weighted by molar-refractivity contribution is 0.0600. The molecule has 0 N–H and O–H groups in total. The number of benzene rings is 1. The van der Waals surface area contributed by atoms with Crippen LogP contribution in [-0.2, 0) is 11.3 Å². The van der Waals surface area contributed by atoms with Gasteiger partial charge in [-0.1, -0.05) is 17.3 Å². The number of carbonyl (C=O) groups is 1. The third-order valence-corrected chi connectivity index (χ3v) is 5.18. The average Bonchev–Trinajstić information content (AvgIpc) is 3.25. The van der Waals surface area contributed by atoms with Crippen molar-refractivity contribution in [3.05, 3.63) is 59.3 Å². The number of aryl methyl sites for hydroxylation is 1. The number of likely N-dealkylation sites (tertiary alicyclic amines) is 1. The summed E-state index contributed by atoms with van der Waals surface area (Å²) in [5, 5.41) is 4.17. The Morgan fingerprint density at radius 3 is 2.59 bits per heavy atom. The van der Waals surface area contributed by atoms with Crippen molar-refractivity contribution in [2.75, 3.05) is 20.2 Å². The van der Waals surface area contributed by atoms with Gasteiger partial charge in [0.05, 0.1) is 24.6 Å². The van der Waals surface area contributed by atoms with Gasteiger partial charge in [0.1, 0.15) is 5.69 Å². The standard InChI is InChI=1S/C21H23N5O3/c1-14-11-23-18(12-22-14)20-24-19(25-29-20)16-7-9-26(10-8-16)13-15-3-5-17(6-4-15)21(27)28-2/h3-6,11-12,16H,7-10,13H2,1-2H3. The Bertz CT molecular complexity index is 961. The number of hydrogen-bond acceptors (Lipinski definition) is 8. The summed E-state index contributed by atoms with van der Waals surface area (Å²) in [7, 11) is 1.39. The number of esters is 1. The van der Waals surface area contributed by atoms with Crippen LogP contribution in [0.5, 0.6) is 0 Å². The number of aromatic nitrogens is 4. The molecule has 0 aliphatic carbocycles. The number of nitrogens with zero attached hydrogens (tertiary/aromatic N) is 5. The van der Waals surface area contributed by atoms with E-state index in [9.17, 15) is 4.79 Å². The van der Waals surface area contributed by atoms with Crippen molar-refractivity contribution in [1.29, 1.82) is 0 Å². The molecule has 0 atom stereocenters. The highest BCUT2D eigenvalue weighted by Gasteiger charge is 2.25. The van der Waals surface area contributed by atoms with Crippen molar-refractivity contribution in [3.8, 4) is 11.6 Å². The number of carbonyl (C=O) groups excluding carboxylic acids is 1. The summed E-state index contributed by atoms with van der Waals surface area (Å²) in [6.07, 6.45) is 5.29. The van der Waals surface area contributed by atoms with E-state index in [2.05, 4.69) is 25.0 Å². The molecule has 3 heterocycles. The second-order valence-electron chi connectivity index (χ2n) is 7.24. The van der Waals surface area contributed by atoms with Gasteiger partial charge in [0.2, 0.25) is 0 Å².